The van der Waals surface area contributed by atoms with Gasteiger partial charge < -0.3 is 24.5 Å². The third kappa shape index (κ3) is 3.97. The lowest BCUT2D eigenvalue weighted by atomic mass is 9.91. The molecule has 1 aliphatic heterocycles. The quantitative estimate of drug-likeness (QED) is 0.883. The summed E-state index contributed by atoms with van der Waals surface area (Å²) in [7, 11) is 1.46. The van der Waals surface area contributed by atoms with Gasteiger partial charge in [-0.25, -0.2) is 4.79 Å². The van der Waals surface area contributed by atoms with Crippen molar-refractivity contribution in [3.63, 3.8) is 0 Å². The van der Waals surface area contributed by atoms with Crippen molar-refractivity contribution in [2.45, 2.75) is 30.7 Å². The molecule has 1 aliphatic rings. The Morgan fingerprint density at radius 3 is 2.65 bits per heavy atom. The highest BCUT2D eigenvalue weighted by atomic mass is 19.4. The second-order valence-corrected chi connectivity index (χ2v) is 5.49. The number of halogens is 3. The van der Waals surface area contributed by atoms with Crippen LogP contribution in [-0.4, -0.2) is 54.6 Å². The summed E-state index contributed by atoms with van der Waals surface area (Å²) in [4.78, 5) is 13.4. The Balaban J connectivity index is 1.94. The Kier molecular flexibility index (Phi) is 5.20. The fourth-order valence-corrected chi connectivity index (χ4v) is 2.45. The zero-order chi connectivity index (χ0) is 17.1. The van der Waals surface area contributed by atoms with Crippen molar-refractivity contribution in [1.29, 1.82) is 0 Å². The molecule has 1 aromatic heterocycles. The zero-order valence-corrected chi connectivity index (χ0v) is 12.6. The number of rotatable bonds is 4. The number of methoxy groups -OCH3 is 1. The van der Waals surface area contributed by atoms with Gasteiger partial charge in [0.1, 0.15) is 11.8 Å². The number of piperidine rings is 1. The van der Waals surface area contributed by atoms with Crippen molar-refractivity contribution in [3.05, 3.63) is 24.2 Å². The van der Waals surface area contributed by atoms with E-state index in [9.17, 15) is 23.1 Å². The monoisotopic (exact) mass is 336 g/mol. The average Bonchev–Trinajstić information content (AvgIpc) is 3.00. The van der Waals surface area contributed by atoms with Crippen molar-refractivity contribution >= 4 is 6.03 Å². The lowest BCUT2D eigenvalue weighted by Crippen LogP contribution is -2.56. The Labute approximate surface area is 131 Å². The van der Waals surface area contributed by atoms with Crippen LogP contribution < -0.4 is 5.32 Å². The van der Waals surface area contributed by atoms with Gasteiger partial charge in [-0.3, -0.25) is 0 Å². The van der Waals surface area contributed by atoms with E-state index in [0.717, 1.165) is 0 Å². The Morgan fingerprint density at radius 2 is 2.17 bits per heavy atom. The molecule has 0 aromatic carbocycles. The highest BCUT2D eigenvalue weighted by Gasteiger charge is 2.54. The standard InChI is InChI=1S/C14H19F3N2O4/c1-22-9-10(11-3-2-8-23-11)18-12(20)19-6-4-13(21,5-7-19)14(15,16)17/h2-3,8,10,21H,4-7,9H2,1H3,(H,18,20). The number of hydrogen-bond acceptors (Lipinski definition) is 4. The van der Waals surface area contributed by atoms with Crippen LogP contribution in [0, 0.1) is 0 Å². The predicted octanol–water partition coefficient (Wildman–Crippen LogP) is 2.07. The first kappa shape index (κ1) is 17.6. The van der Waals surface area contributed by atoms with E-state index < -0.39 is 36.7 Å². The van der Waals surface area contributed by atoms with Crippen LogP contribution in [0.2, 0.25) is 0 Å². The Morgan fingerprint density at radius 1 is 1.52 bits per heavy atom. The third-order valence-electron chi connectivity index (χ3n) is 3.92. The van der Waals surface area contributed by atoms with Gasteiger partial charge in [0.15, 0.2) is 5.60 Å². The summed E-state index contributed by atoms with van der Waals surface area (Å²) >= 11 is 0. The fraction of sp³-hybridized carbons (Fsp3) is 0.643. The molecule has 2 rings (SSSR count). The van der Waals surface area contributed by atoms with E-state index >= 15 is 0 Å². The average molecular weight is 336 g/mol. The van der Waals surface area contributed by atoms with Gasteiger partial charge in [0.25, 0.3) is 0 Å². The molecule has 2 N–H and O–H groups in total. The molecular formula is C14H19F3N2O4. The maximum Gasteiger partial charge on any atom is 0.417 e. The van der Waals surface area contributed by atoms with Gasteiger partial charge in [-0.2, -0.15) is 13.2 Å². The number of ether oxygens (including phenoxy) is 1. The van der Waals surface area contributed by atoms with Crippen molar-refractivity contribution < 1.29 is 32.2 Å². The van der Waals surface area contributed by atoms with Crippen LogP contribution in [0.25, 0.3) is 0 Å². The second-order valence-electron chi connectivity index (χ2n) is 5.49. The summed E-state index contributed by atoms with van der Waals surface area (Å²) in [5, 5.41) is 12.3. The molecule has 9 heteroatoms. The number of urea groups is 1. The highest BCUT2D eigenvalue weighted by molar-refractivity contribution is 5.74. The molecule has 6 nitrogen and oxygen atoms in total. The summed E-state index contributed by atoms with van der Waals surface area (Å²) in [6.45, 7) is -0.195. The van der Waals surface area contributed by atoms with E-state index in [1.54, 1.807) is 12.1 Å². The molecule has 2 heterocycles. The molecule has 1 saturated heterocycles. The summed E-state index contributed by atoms with van der Waals surface area (Å²) in [6, 6.07) is 2.27. The second kappa shape index (κ2) is 6.79. The van der Waals surface area contributed by atoms with Crippen LogP contribution in [0.1, 0.15) is 24.6 Å². The number of likely N-dealkylation sites (tertiary alicyclic amines) is 1. The van der Waals surface area contributed by atoms with E-state index in [4.69, 9.17) is 9.15 Å². The largest absolute Gasteiger partial charge is 0.467 e. The first-order chi connectivity index (χ1) is 10.8. The minimum Gasteiger partial charge on any atom is -0.467 e. The highest BCUT2D eigenvalue weighted by Crippen LogP contribution is 2.38. The van der Waals surface area contributed by atoms with E-state index in [-0.39, 0.29) is 19.7 Å². The number of amides is 2. The van der Waals surface area contributed by atoms with E-state index in [1.807, 2.05) is 0 Å². The van der Waals surface area contributed by atoms with Crippen LogP contribution in [0.4, 0.5) is 18.0 Å². The van der Waals surface area contributed by atoms with Crippen LogP contribution in [0.15, 0.2) is 22.8 Å². The van der Waals surface area contributed by atoms with Crippen molar-refractivity contribution in [2.24, 2.45) is 0 Å². The molecule has 1 atom stereocenters. The fourth-order valence-electron chi connectivity index (χ4n) is 2.45. The van der Waals surface area contributed by atoms with Gasteiger partial charge in [0.2, 0.25) is 0 Å². The SMILES string of the molecule is COCC(NC(=O)N1CCC(O)(C(F)(F)F)CC1)c1ccco1. The van der Waals surface area contributed by atoms with Crippen molar-refractivity contribution in [1.82, 2.24) is 10.2 Å². The molecule has 0 saturated carbocycles. The summed E-state index contributed by atoms with van der Waals surface area (Å²) in [6.07, 6.45) is -4.32. The van der Waals surface area contributed by atoms with Gasteiger partial charge in [-0.1, -0.05) is 0 Å². The molecule has 0 spiro atoms. The van der Waals surface area contributed by atoms with Crippen LogP contribution in [0.3, 0.4) is 0 Å². The summed E-state index contributed by atoms with van der Waals surface area (Å²) in [5.74, 6) is 0.490. The van der Waals surface area contributed by atoms with Crippen LogP contribution in [0.5, 0.6) is 0 Å². The Bertz CT molecular complexity index is 511. The molecule has 1 unspecified atom stereocenters. The first-order valence-electron chi connectivity index (χ1n) is 7.14. The number of nitrogens with one attached hydrogen (secondary N) is 1. The molecule has 1 aromatic rings. The number of carbonyl (C=O) groups excluding carboxylic acids is 1. The molecular weight excluding hydrogens is 317 g/mol. The van der Waals surface area contributed by atoms with E-state index in [2.05, 4.69) is 5.32 Å². The van der Waals surface area contributed by atoms with Crippen molar-refractivity contribution in [2.75, 3.05) is 26.8 Å². The number of alkyl halides is 3. The smallest absolute Gasteiger partial charge is 0.417 e. The minimum absolute atomic E-state index is 0.166. The lowest BCUT2D eigenvalue weighted by molar-refractivity contribution is -0.271. The zero-order valence-electron chi connectivity index (χ0n) is 12.6. The van der Waals surface area contributed by atoms with E-state index in [1.165, 1.54) is 18.3 Å². The number of furan rings is 1. The van der Waals surface area contributed by atoms with Gasteiger partial charge in [0, 0.05) is 33.0 Å². The molecule has 0 bridgehead atoms. The number of carbonyl (C=O) groups is 1. The van der Waals surface area contributed by atoms with E-state index in [0.29, 0.717) is 5.76 Å². The third-order valence-corrected chi connectivity index (χ3v) is 3.92. The van der Waals surface area contributed by atoms with Crippen LogP contribution in [-0.2, 0) is 4.74 Å². The number of hydrogen-bond donors (Lipinski definition) is 2. The van der Waals surface area contributed by atoms with Gasteiger partial charge in [0.05, 0.1) is 12.9 Å². The summed E-state index contributed by atoms with van der Waals surface area (Å²) in [5.41, 5.74) is -2.73. The van der Waals surface area contributed by atoms with Crippen LogP contribution >= 0.6 is 0 Å². The lowest BCUT2D eigenvalue weighted by Gasteiger charge is -2.39. The number of aliphatic hydroxyl groups is 1. The van der Waals surface area contributed by atoms with Gasteiger partial charge in [-0.15, -0.1) is 0 Å². The normalized spacial score (nSPS) is 19.4. The molecule has 0 aliphatic carbocycles. The van der Waals surface area contributed by atoms with Crippen molar-refractivity contribution in [3.8, 4) is 0 Å². The topological polar surface area (TPSA) is 74.9 Å². The molecule has 0 radical (unpaired) electrons. The van der Waals surface area contributed by atoms with Gasteiger partial charge in [-0.05, 0) is 12.1 Å². The Hall–Kier alpha value is -1.74. The molecule has 1 fully saturated rings. The molecule has 23 heavy (non-hydrogen) atoms. The summed E-state index contributed by atoms with van der Waals surface area (Å²) < 4.78 is 48.5. The number of nitrogens with zero attached hydrogens (tertiary/aromatic N) is 1. The first-order valence-corrected chi connectivity index (χ1v) is 7.14. The maximum atomic E-state index is 12.8. The predicted molar refractivity (Wildman–Crippen MR) is 73.7 cm³/mol. The maximum absolute atomic E-state index is 12.8. The van der Waals surface area contributed by atoms with Gasteiger partial charge >= 0.3 is 12.2 Å². The molecule has 130 valence electrons. The minimum atomic E-state index is -4.69. The molecule has 2 amide bonds.